The topological polar surface area (TPSA) is 81.9 Å². The smallest absolute Gasteiger partial charge is 0.475 e. The van der Waals surface area contributed by atoms with Crippen molar-refractivity contribution in [2.75, 3.05) is 39.8 Å². The van der Waals surface area contributed by atoms with Crippen molar-refractivity contribution in [2.24, 2.45) is 13.0 Å². The first-order valence-corrected chi connectivity index (χ1v) is 10.4. The minimum atomic E-state index is -5.08. The van der Waals surface area contributed by atoms with Gasteiger partial charge in [0.1, 0.15) is 5.54 Å². The van der Waals surface area contributed by atoms with Gasteiger partial charge in [-0.2, -0.15) is 18.3 Å². The molecule has 3 rings (SSSR count). The molecular formula is C20H32F3N5O3. The Bertz CT molecular complexity index is 757. The first kappa shape index (κ1) is 25.1. The number of carbonyl (C=O) groups excluding carboxylic acids is 1. The highest BCUT2D eigenvalue weighted by atomic mass is 19.4. The maximum Gasteiger partial charge on any atom is 0.490 e. The molecule has 1 amide bonds. The number of halogens is 3. The normalized spacial score (nSPS) is 20.1. The number of hydrogen-bond acceptors (Lipinski definition) is 5. The van der Waals surface area contributed by atoms with Gasteiger partial charge >= 0.3 is 12.1 Å². The highest BCUT2D eigenvalue weighted by molar-refractivity contribution is 5.87. The predicted molar refractivity (Wildman–Crippen MR) is 108 cm³/mol. The van der Waals surface area contributed by atoms with Crippen LogP contribution in [0.1, 0.15) is 32.3 Å². The number of amides is 1. The first-order valence-electron chi connectivity index (χ1n) is 10.4. The number of alkyl halides is 3. The van der Waals surface area contributed by atoms with Crippen LogP contribution in [-0.2, 0) is 23.2 Å². The zero-order valence-electron chi connectivity index (χ0n) is 18.5. The van der Waals surface area contributed by atoms with E-state index in [0.717, 1.165) is 52.1 Å². The van der Waals surface area contributed by atoms with Crippen LogP contribution in [0, 0.1) is 5.92 Å². The number of aliphatic carboxylic acids is 1. The van der Waals surface area contributed by atoms with E-state index in [4.69, 9.17) is 9.90 Å². The molecule has 2 fully saturated rings. The van der Waals surface area contributed by atoms with Crippen molar-refractivity contribution in [1.82, 2.24) is 24.5 Å². The van der Waals surface area contributed by atoms with Crippen molar-refractivity contribution in [3.8, 4) is 0 Å². The lowest BCUT2D eigenvalue weighted by molar-refractivity contribution is -0.192. The van der Waals surface area contributed by atoms with Crippen LogP contribution in [0.2, 0.25) is 0 Å². The Labute approximate surface area is 180 Å². The van der Waals surface area contributed by atoms with Crippen LogP contribution in [0.5, 0.6) is 0 Å². The Morgan fingerprint density at radius 1 is 1.19 bits per heavy atom. The molecule has 31 heavy (non-hydrogen) atoms. The second-order valence-corrected chi connectivity index (χ2v) is 8.70. The van der Waals surface area contributed by atoms with E-state index in [2.05, 4.69) is 34.9 Å². The van der Waals surface area contributed by atoms with Gasteiger partial charge in [0.05, 0.1) is 6.20 Å². The summed E-state index contributed by atoms with van der Waals surface area (Å²) in [6, 6.07) is 0. The van der Waals surface area contributed by atoms with E-state index in [1.807, 2.05) is 29.9 Å². The van der Waals surface area contributed by atoms with Gasteiger partial charge in [0.25, 0.3) is 0 Å². The van der Waals surface area contributed by atoms with Crippen LogP contribution >= 0.6 is 0 Å². The molecule has 0 saturated carbocycles. The molecule has 3 heterocycles. The average molecular weight is 448 g/mol. The lowest BCUT2D eigenvalue weighted by atomic mass is 9.82. The van der Waals surface area contributed by atoms with Crippen molar-refractivity contribution in [3.05, 3.63) is 18.0 Å². The predicted octanol–water partition coefficient (Wildman–Crippen LogP) is 1.82. The zero-order chi connectivity index (χ0) is 23.4. The van der Waals surface area contributed by atoms with Gasteiger partial charge in [-0.05, 0) is 18.8 Å². The van der Waals surface area contributed by atoms with E-state index in [0.29, 0.717) is 11.8 Å². The Kier molecular flexibility index (Phi) is 8.09. The number of rotatable bonds is 4. The second kappa shape index (κ2) is 9.99. The number of carbonyl (C=O) groups is 2. The standard InChI is InChI=1S/C18H31N5O.C2HF3O2/c1-15(2)12-23-10-9-20(3)17(24)18(23)5-7-22(8-6-18)14-16-11-19-21(4)13-16;3-2(4,5)1(6)7/h11,13,15H,5-10,12,14H2,1-4H3;(H,6,7). The summed E-state index contributed by atoms with van der Waals surface area (Å²) in [4.78, 5) is 28.8. The monoisotopic (exact) mass is 447 g/mol. The largest absolute Gasteiger partial charge is 0.490 e. The molecule has 1 aromatic rings. The third-order valence-corrected chi connectivity index (χ3v) is 5.73. The van der Waals surface area contributed by atoms with E-state index in [1.165, 1.54) is 5.56 Å². The van der Waals surface area contributed by atoms with Crippen LogP contribution < -0.4 is 0 Å². The van der Waals surface area contributed by atoms with E-state index in [9.17, 15) is 18.0 Å². The first-order chi connectivity index (χ1) is 14.3. The number of aromatic nitrogens is 2. The van der Waals surface area contributed by atoms with Gasteiger partial charge in [0.2, 0.25) is 5.91 Å². The summed E-state index contributed by atoms with van der Waals surface area (Å²) >= 11 is 0. The molecule has 1 aromatic heterocycles. The summed E-state index contributed by atoms with van der Waals surface area (Å²) in [6.07, 6.45) is 0.802. The highest BCUT2D eigenvalue weighted by Gasteiger charge is 2.49. The van der Waals surface area contributed by atoms with Crippen LogP contribution in [0.15, 0.2) is 12.4 Å². The quantitative estimate of drug-likeness (QED) is 0.758. The van der Waals surface area contributed by atoms with Gasteiger partial charge in [0.15, 0.2) is 0 Å². The van der Waals surface area contributed by atoms with E-state index < -0.39 is 12.1 Å². The Balaban J connectivity index is 0.000000423. The molecule has 2 aliphatic rings. The number of aryl methyl sites for hydroxylation is 1. The van der Waals surface area contributed by atoms with Crippen molar-refractivity contribution in [1.29, 1.82) is 0 Å². The third kappa shape index (κ3) is 6.42. The fourth-order valence-corrected chi connectivity index (χ4v) is 4.21. The fraction of sp³-hybridized carbons (Fsp3) is 0.750. The Morgan fingerprint density at radius 3 is 2.23 bits per heavy atom. The molecule has 1 N–H and O–H groups in total. The number of nitrogens with zero attached hydrogens (tertiary/aromatic N) is 5. The summed E-state index contributed by atoms with van der Waals surface area (Å²) in [5, 5.41) is 11.4. The van der Waals surface area contributed by atoms with Crippen molar-refractivity contribution >= 4 is 11.9 Å². The molecule has 0 aromatic carbocycles. The minimum Gasteiger partial charge on any atom is -0.475 e. The molecule has 176 valence electrons. The molecule has 0 radical (unpaired) electrons. The molecule has 1 spiro atoms. The number of hydrogen-bond donors (Lipinski definition) is 1. The van der Waals surface area contributed by atoms with Gasteiger partial charge in [-0.25, -0.2) is 4.79 Å². The van der Waals surface area contributed by atoms with Gasteiger partial charge in [-0.3, -0.25) is 19.3 Å². The number of carboxylic acids is 1. The van der Waals surface area contributed by atoms with Gasteiger partial charge in [-0.1, -0.05) is 13.8 Å². The van der Waals surface area contributed by atoms with Gasteiger partial charge in [0, 0.05) is 65.1 Å². The summed E-state index contributed by atoms with van der Waals surface area (Å²) in [5.74, 6) is -1.84. The zero-order valence-corrected chi connectivity index (χ0v) is 18.5. The van der Waals surface area contributed by atoms with E-state index in [-0.39, 0.29) is 5.54 Å². The lowest BCUT2D eigenvalue weighted by Crippen LogP contribution is -2.68. The molecular weight excluding hydrogens is 415 g/mol. The lowest BCUT2D eigenvalue weighted by Gasteiger charge is -2.52. The Hall–Kier alpha value is -2.14. The van der Waals surface area contributed by atoms with E-state index in [1.54, 1.807) is 0 Å². The van der Waals surface area contributed by atoms with Crippen molar-refractivity contribution in [2.45, 2.75) is 44.9 Å². The maximum absolute atomic E-state index is 13.0. The molecule has 0 atom stereocenters. The fourth-order valence-electron chi connectivity index (χ4n) is 4.21. The summed E-state index contributed by atoms with van der Waals surface area (Å²) in [6.45, 7) is 10.2. The molecule has 2 aliphatic heterocycles. The highest BCUT2D eigenvalue weighted by Crippen LogP contribution is 2.34. The molecule has 2 saturated heterocycles. The number of likely N-dealkylation sites (tertiary alicyclic amines) is 1. The van der Waals surface area contributed by atoms with Crippen molar-refractivity contribution in [3.63, 3.8) is 0 Å². The SMILES string of the molecule is CC(C)CN1CCN(C)C(=O)C12CCN(Cc1cnn(C)c1)CC2.O=C(O)C(F)(F)F. The summed E-state index contributed by atoms with van der Waals surface area (Å²) in [5.41, 5.74) is 0.975. The maximum atomic E-state index is 13.0. The van der Waals surface area contributed by atoms with E-state index >= 15 is 0 Å². The van der Waals surface area contributed by atoms with Crippen LogP contribution in [0.3, 0.4) is 0 Å². The van der Waals surface area contributed by atoms with Gasteiger partial charge in [-0.15, -0.1) is 0 Å². The molecule has 0 unspecified atom stereocenters. The number of carboxylic acid groups (broad SMARTS) is 1. The third-order valence-electron chi connectivity index (χ3n) is 5.73. The molecule has 11 heteroatoms. The summed E-state index contributed by atoms with van der Waals surface area (Å²) in [7, 11) is 3.91. The number of likely N-dealkylation sites (N-methyl/N-ethyl adjacent to an activating group) is 1. The van der Waals surface area contributed by atoms with Crippen molar-refractivity contribution < 1.29 is 27.9 Å². The van der Waals surface area contributed by atoms with Crippen LogP contribution in [-0.4, -0.2) is 92.9 Å². The Morgan fingerprint density at radius 2 is 1.77 bits per heavy atom. The van der Waals surface area contributed by atoms with Crippen LogP contribution in [0.4, 0.5) is 13.2 Å². The minimum absolute atomic E-state index is 0.275. The van der Waals surface area contributed by atoms with Crippen LogP contribution in [0.25, 0.3) is 0 Å². The number of piperazine rings is 1. The average Bonchev–Trinajstić information content (AvgIpc) is 3.08. The number of piperidine rings is 1. The second-order valence-electron chi connectivity index (χ2n) is 8.70. The molecule has 0 bridgehead atoms. The summed E-state index contributed by atoms with van der Waals surface area (Å²) < 4.78 is 33.6. The molecule has 0 aliphatic carbocycles. The molecule has 8 nitrogen and oxygen atoms in total. The van der Waals surface area contributed by atoms with Gasteiger partial charge < -0.3 is 10.0 Å².